The summed E-state index contributed by atoms with van der Waals surface area (Å²) < 4.78 is 6.94. The van der Waals surface area contributed by atoms with Crippen LogP contribution in [0.1, 0.15) is 6.42 Å². The minimum atomic E-state index is -2.86. The van der Waals surface area contributed by atoms with Crippen molar-refractivity contribution >= 4 is 24.1 Å². The topological polar surface area (TPSA) is 32.7 Å². The molecule has 1 heterocycles. The third kappa shape index (κ3) is 2.01. The molecule has 76 valence electrons. The van der Waals surface area contributed by atoms with Crippen molar-refractivity contribution in [3.05, 3.63) is 30.3 Å². The lowest BCUT2D eigenvalue weighted by Crippen LogP contribution is -2.29. The minimum Gasteiger partial charge on any atom is -0.184 e. The standard InChI is InChI=1S/C9H12ClNO2P/c10-14(12)11(7-4-8-13-14)9-5-2-1-3-6-9/h1-3,5-6,12H,4,7-8H2/q+1. The molecule has 1 aromatic carbocycles. The van der Waals surface area contributed by atoms with Crippen LogP contribution < -0.4 is 4.67 Å². The van der Waals surface area contributed by atoms with Crippen LogP contribution in [0.25, 0.3) is 0 Å². The number of benzene rings is 1. The first-order valence-electron chi connectivity index (χ1n) is 4.49. The van der Waals surface area contributed by atoms with E-state index >= 15 is 0 Å². The van der Waals surface area contributed by atoms with Crippen molar-refractivity contribution in [1.82, 2.24) is 0 Å². The van der Waals surface area contributed by atoms with E-state index < -0.39 is 7.22 Å². The zero-order valence-corrected chi connectivity index (χ0v) is 9.29. The lowest BCUT2D eigenvalue weighted by atomic mass is 10.3. The van der Waals surface area contributed by atoms with Crippen LogP contribution >= 0.6 is 18.5 Å². The van der Waals surface area contributed by atoms with E-state index in [0.717, 1.165) is 18.7 Å². The highest BCUT2D eigenvalue weighted by Gasteiger charge is 2.48. The smallest absolute Gasteiger partial charge is 0.184 e. The number of nitrogens with zero attached hydrogens (tertiary/aromatic N) is 1. The number of para-hydroxylation sites is 1. The van der Waals surface area contributed by atoms with Gasteiger partial charge in [-0.05, 0) is 18.6 Å². The molecule has 1 saturated heterocycles. The molecule has 1 aromatic rings. The van der Waals surface area contributed by atoms with Crippen molar-refractivity contribution in [1.29, 1.82) is 0 Å². The van der Waals surface area contributed by atoms with Gasteiger partial charge in [0.1, 0.15) is 6.61 Å². The summed E-state index contributed by atoms with van der Waals surface area (Å²) in [4.78, 5) is 9.87. The third-order valence-corrected chi connectivity index (χ3v) is 4.50. The predicted octanol–water partition coefficient (Wildman–Crippen LogP) is 2.82. The SMILES string of the molecule is O[P+]1(Cl)OCCCN1c1ccccc1. The van der Waals surface area contributed by atoms with Gasteiger partial charge in [-0.15, -0.1) is 0 Å². The van der Waals surface area contributed by atoms with Crippen LogP contribution in [0.4, 0.5) is 5.69 Å². The number of hydrogen-bond donors (Lipinski definition) is 1. The van der Waals surface area contributed by atoms with Crippen LogP contribution in [0.5, 0.6) is 0 Å². The monoisotopic (exact) mass is 232 g/mol. The van der Waals surface area contributed by atoms with E-state index in [2.05, 4.69) is 0 Å². The summed E-state index contributed by atoms with van der Waals surface area (Å²) in [6.07, 6.45) is 0.893. The fourth-order valence-electron chi connectivity index (χ4n) is 1.46. The quantitative estimate of drug-likeness (QED) is 0.756. The molecule has 5 heteroatoms. The van der Waals surface area contributed by atoms with Gasteiger partial charge in [0.2, 0.25) is 0 Å². The van der Waals surface area contributed by atoms with E-state index in [1.165, 1.54) is 0 Å². The molecule has 0 aliphatic carbocycles. The average molecular weight is 233 g/mol. The predicted molar refractivity (Wildman–Crippen MR) is 59.3 cm³/mol. The molecule has 3 nitrogen and oxygen atoms in total. The molecule has 0 amide bonds. The fourth-order valence-corrected chi connectivity index (χ4v) is 3.46. The van der Waals surface area contributed by atoms with Crippen molar-refractivity contribution in [2.45, 2.75) is 6.42 Å². The van der Waals surface area contributed by atoms with Crippen molar-refractivity contribution in [3.63, 3.8) is 0 Å². The van der Waals surface area contributed by atoms with E-state index in [0.29, 0.717) is 6.61 Å². The Balaban J connectivity index is 2.24. The van der Waals surface area contributed by atoms with Gasteiger partial charge in [0.25, 0.3) is 0 Å². The Morgan fingerprint density at radius 3 is 2.71 bits per heavy atom. The zero-order valence-electron chi connectivity index (χ0n) is 7.64. The molecule has 0 spiro atoms. The Hall–Kier alpha value is -0.340. The van der Waals surface area contributed by atoms with Gasteiger partial charge in [-0.1, -0.05) is 18.2 Å². The van der Waals surface area contributed by atoms with E-state index in [1.807, 2.05) is 30.3 Å². The first-order valence-corrected chi connectivity index (χ1v) is 7.01. The molecule has 14 heavy (non-hydrogen) atoms. The highest BCUT2D eigenvalue weighted by atomic mass is 35.7. The molecule has 2 rings (SSSR count). The summed E-state index contributed by atoms with van der Waals surface area (Å²) in [5.41, 5.74) is 0.915. The normalized spacial score (nSPS) is 27.7. The number of rotatable bonds is 1. The van der Waals surface area contributed by atoms with Gasteiger partial charge >= 0.3 is 7.22 Å². The molecule has 1 unspecified atom stereocenters. The highest BCUT2D eigenvalue weighted by molar-refractivity contribution is 7.92. The van der Waals surface area contributed by atoms with Crippen LogP contribution in [-0.4, -0.2) is 18.0 Å². The summed E-state index contributed by atoms with van der Waals surface area (Å²) in [5.74, 6) is 0. The van der Waals surface area contributed by atoms with Crippen molar-refractivity contribution in [2.75, 3.05) is 17.8 Å². The van der Waals surface area contributed by atoms with Crippen molar-refractivity contribution in [3.8, 4) is 0 Å². The molecule has 1 fully saturated rings. The van der Waals surface area contributed by atoms with Gasteiger partial charge < -0.3 is 0 Å². The molecule has 1 aliphatic heterocycles. The molecule has 0 radical (unpaired) electrons. The molecule has 1 N–H and O–H groups in total. The summed E-state index contributed by atoms with van der Waals surface area (Å²) in [6.45, 7) is 1.29. The van der Waals surface area contributed by atoms with Gasteiger partial charge in [0.15, 0.2) is 11.2 Å². The van der Waals surface area contributed by atoms with E-state index in [4.69, 9.17) is 15.8 Å². The second-order valence-electron chi connectivity index (χ2n) is 3.12. The maximum Gasteiger partial charge on any atom is 0.479 e. The number of anilines is 1. The first kappa shape index (κ1) is 10.2. The largest absolute Gasteiger partial charge is 0.479 e. The molecular weight excluding hydrogens is 221 g/mol. The molecule has 0 aromatic heterocycles. The van der Waals surface area contributed by atoms with Crippen molar-refractivity contribution < 1.29 is 9.42 Å². The molecular formula is C9H12ClNO2P+. The maximum absolute atomic E-state index is 9.87. The maximum atomic E-state index is 9.87. The number of hydrogen-bond acceptors (Lipinski definition) is 3. The van der Waals surface area contributed by atoms with Gasteiger partial charge in [-0.3, -0.25) is 0 Å². The van der Waals surface area contributed by atoms with E-state index in [1.54, 1.807) is 4.67 Å². The van der Waals surface area contributed by atoms with Gasteiger partial charge in [-0.25, -0.2) is 0 Å². The van der Waals surface area contributed by atoms with Crippen LogP contribution in [0.15, 0.2) is 30.3 Å². The van der Waals surface area contributed by atoms with Crippen LogP contribution in [-0.2, 0) is 4.52 Å². The second kappa shape index (κ2) is 4.03. The number of halogens is 1. The van der Waals surface area contributed by atoms with Gasteiger partial charge in [0, 0.05) is 0 Å². The Labute approximate surface area is 88.6 Å². The minimum absolute atomic E-state index is 0.539. The fraction of sp³-hybridized carbons (Fsp3) is 0.333. The van der Waals surface area contributed by atoms with E-state index in [-0.39, 0.29) is 0 Å². The summed E-state index contributed by atoms with van der Waals surface area (Å²) in [5, 5.41) is 0. The van der Waals surface area contributed by atoms with Crippen LogP contribution in [0.2, 0.25) is 0 Å². The Kier molecular flexibility index (Phi) is 2.93. The molecule has 1 aliphatic rings. The summed E-state index contributed by atoms with van der Waals surface area (Å²) >= 11 is 5.94. The second-order valence-corrected chi connectivity index (χ2v) is 6.13. The molecule has 0 bridgehead atoms. The van der Waals surface area contributed by atoms with Gasteiger partial charge in [0.05, 0.1) is 12.2 Å². The lowest BCUT2D eigenvalue weighted by Gasteiger charge is -2.28. The third-order valence-electron chi connectivity index (χ3n) is 2.12. The molecule has 1 atom stereocenters. The van der Waals surface area contributed by atoms with Crippen LogP contribution in [0, 0.1) is 0 Å². The Morgan fingerprint density at radius 1 is 1.36 bits per heavy atom. The summed E-state index contributed by atoms with van der Waals surface area (Å²) in [6, 6.07) is 9.60. The molecule has 0 saturated carbocycles. The Morgan fingerprint density at radius 2 is 2.07 bits per heavy atom. The first-order chi connectivity index (χ1) is 6.70. The van der Waals surface area contributed by atoms with Gasteiger partial charge in [-0.2, -0.15) is 14.1 Å². The highest BCUT2D eigenvalue weighted by Crippen LogP contribution is 2.66. The van der Waals surface area contributed by atoms with Crippen molar-refractivity contribution in [2.24, 2.45) is 0 Å². The van der Waals surface area contributed by atoms with E-state index in [9.17, 15) is 4.89 Å². The Bertz CT molecular complexity index is 307. The average Bonchev–Trinajstić information content (AvgIpc) is 2.18. The summed E-state index contributed by atoms with van der Waals surface area (Å²) in [7, 11) is -2.86. The lowest BCUT2D eigenvalue weighted by molar-refractivity contribution is 0.278. The van der Waals surface area contributed by atoms with Crippen LogP contribution in [0.3, 0.4) is 0 Å². The zero-order chi connectivity index (χ0) is 10.0.